The van der Waals surface area contributed by atoms with Crippen LogP contribution in [0.4, 0.5) is 5.00 Å². The van der Waals surface area contributed by atoms with Crippen LogP contribution in [0.2, 0.25) is 0 Å². The van der Waals surface area contributed by atoms with Gasteiger partial charge in [0.25, 0.3) is 0 Å². The first-order chi connectivity index (χ1) is 6.03. The van der Waals surface area contributed by atoms with Crippen molar-refractivity contribution >= 4 is 32.3 Å². The van der Waals surface area contributed by atoms with Gasteiger partial charge < -0.3 is 10.6 Å². The Kier molecular flexibility index (Phi) is 3.76. The normalized spacial score (nSPS) is 11.7. The molecule has 4 heteroatoms. The van der Waals surface area contributed by atoms with Crippen LogP contribution in [0.3, 0.4) is 0 Å². The summed E-state index contributed by atoms with van der Waals surface area (Å²) in [4.78, 5) is 0. The summed E-state index contributed by atoms with van der Waals surface area (Å²) < 4.78 is 1.14. The zero-order chi connectivity index (χ0) is 9.90. The summed E-state index contributed by atoms with van der Waals surface area (Å²) in [6.45, 7) is 5.27. The molecule has 0 aliphatic heterocycles. The number of thiophene rings is 1. The van der Waals surface area contributed by atoms with Gasteiger partial charge in [-0.3, -0.25) is 0 Å². The number of hydrogen-bond acceptors (Lipinski definition) is 3. The number of rotatable bonds is 4. The minimum atomic E-state index is 0.135. The fourth-order valence-corrected chi connectivity index (χ4v) is 2.12. The molecule has 1 aromatic rings. The Labute approximate surface area is 91.9 Å². The molecule has 0 amide bonds. The first-order valence-corrected chi connectivity index (χ1v) is 5.87. The van der Waals surface area contributed by atoms with Crippen LogP contribution in [0.5, 0.6) is 0 Å². The third-order valence-corrected chi connectivity index (χ3v) is 3.60. The van der Waals surface area contributed by atoms with Gasteiger partial charge in [-0.25, -0.2) is 0 Å². The zero-order valence-electron chi connectivity index (χ0n) is 8.15. The van der Waals surface area contributed by atoms with Gasteiger partial charge in [-0.05, 0) is 42.9 Å². The van der Waals surface area contributed by atoms with Crippen LogP contribution in [0.25, 0.3) is 0 Å². The summed E-state index contributed by atoms with van der Waals surface area (Å²) in [5.41, 5.74) is 0.135. The molecule has 2 N–H and O–H groups in total. The molecule has 1 heterocycles. The minimum absolute atomic E-state index is 0.135. The Morgan fingerprint density at radius 1 is 1.54 bits per heavy atom. The molecule has 2 nitrogen and oxygen atoms in total. The molecule has 74 valence electrons. The van der Waals surface area contributed by atoms with E-state index in [0.717, 1.165) is 11.0 Å². The van der Waals surface area contributed by atoms with Gasteiger partial charge in [-0.1, -0.05) is 0 Å². The Morgan fingerprint density at radius 2 is 2.23 bits per heavy atom. The topological polar surface area (TPSA) is 24.1 Å². The Hall–Kier alpha value is -0.0600. The Morgan fingerprint density at radius 3 is 2.69 bits per heavy atom. The van der Waals surface area contributed by atoms with Crippen molar-refractivity contribution in [3.63, 3.8) is 0 Å². The highest BCUT2D eigenvalue weighted by atomic mass is 79.9. The lowest BCUT2D eigenvalue weighted by atomic mass is 10.1. The molecule has 0 saturated heterocycles. The maximum atomic E-state index is 3.42. The predicted molar refractivity (Wildman–Crippen MR) is 63.6 cm³/mol. The van der Waals surface area contributed by atoms with Crippen LogP contribution >= 0.6 is 27.3 Å². The van der Waals surface area contributed by atoms with Gasteiger partial charge in [0.1, 0.15) is 0 Å². The van der Waals surface area contributed by atoms with E-state index in [4.69, 9.17) is 0 Å². The van der Waals surface area contributed by atoms with Gasteiger partial charge in [0.2, 0.25) is 0 Å². The largest absolute Gasteiger partial charge is 0.375 e. The molecule has 1 aromatic heterocycles. The van der Waals surface area contributed by atoms with Gasteiger partial charge in [0, 0.05) is 21.9 Å². The molecule has 0 atom stereocenters. The summed E-state index contributed by atoms with van der Waals surface area (Å²) in [5, 5.41) is 9.91. The lowest BCUT2D eigenvalue weighted by Gasteiger charge is -2.24. The number of nitrogens with one attached hydrogen (secondary N) is 2. The van der Waals surface area contributed by atoms with Crippen LogP contribution in [-0.4, -0.2) is 19.1 Å². The molecule has 0 spiro atoms. The molecule has 0 saturated carbocycles. The van der Waals surface area contributed by atoms with Crippen LogP contribution in [0, 0.1) is 0 Å². The standard InChI is InChI=1S/C9H15BrN2S/c1-9(2,11-3)6-12-8-4-7(10)5-13-8/h4-5,11-12H,6H2,1-3H3. The quantitative estimate of drug-likeness (QED) is 0.872. The fraction of sp³-hybridized carbons (Fsp3) is 0.556. The second kappa shape index (κ2) is 4.44. The zero-order valence-corrected chi connectivity index (χ0v) is 10.6. The van der Waals surface area contributed by atoms with E-state index in [1.807, 2.05) is 7.05 Å². The molecule has 1 rings (SSSR count). The van der Waals surface area contributed by atoms with E-state index in [9.17, 15) is 0 Å². The molecule has 0 aliphatic rings. The third kappa shape index (κ3) is 3.67. The average Bonchev–Trinajstić information content (AvgIpc) is 2.48. The molecular weight excluding hydrogens is 248 g/mol. The lowest BCUT2D eigenvalue weighted by Crippen LogP contribution is -2.42. The van der Waals surface area contributed by atoms with E-state index in [1.165, 1.54) is 5.00 Å². The van der Waals surface area contributed by atoms with Crippen molar-refractivity contribution in [3.05, 3.63) is 15.9 Å². The highest BCUT2D eigenvalue weighted by Crippen LogP contribution is 2.24. The van der Waals surface area contributed by atoms with E-state index >= 15 is 0 Å². The SMILES string of the molecule is CNC(C)(C)CNc1cc(Br)cs1. The summed E-state index contributed by atoms with van der Waals surface area (Å²) >= 11 is 5.14. The molecular formula is C9H15BrN2S. The van der Waals surface area contributed by atoms with Gasteiger partial charge in [-0.15, -0.1) is 11.3 Å². The van der Waals surface area contributed by atoms with Crippen molar-refractivity contribution in [2.75, 3.05) is 18.9 Å². The Bertz CT molecular complexity index is 270. The molecule has 0 aromatic carbocycles. The highest BCUT2D eigenvalue weighted by molar-refractivity contribution is 9.10. The summed E-state index contributed by atoms with van der Waals surface area (Å²) in [5.74, 6) is 0. The van der Waals surface area contributed by atoms with E-state index in [1.54, 1.807) is 11.3 Å². The predicted octanol–water partition coefficient (Wildman–Crippen LogP) is 2.92. The van der Waals surface area contributed by atoms with Crippen LogP contribution in [0.1, 0.15) is 13.8 Å². The van der Waals surface area contributed by atoms with Crippen molar-refractivity contribution in [3.8, 4) is 0 Å². The number of likely N-dealkylation sites (N-methyl/N-ethyl adjacent to an activating group) is 1. The van der Waals surface area contributed by atoms with E-state index in [2.05, 4.69) is 51.9 Å². The first-order valence-electron chi connectivity index (χ1n) is 4.20. The average molecular weight is 263 g/mol. The maximum Gasteiger partial charge on any atom is 0.0894 e. The van der Waals surface area contributed by atoms with Crippen molar-refractivity contribution < 1.29 is 0 Å². The first kappa shape index (κ1) is 11.0. The van der Waals surface area contributed by atoms with Crippen LogP contribution < -0.4 is 10.6 Å². The van der Waals surface area contributed by atoms with Crippen molar-refractivity contribution in [2.45, 2.75) is 19.4 Å². The molecule has 0 aliphatic carbocycles. The highest BCUT2D eigenvalue weighted by Gasteiger charge is 2.13. The second-order valence-electron chi connectivity index (χ2n) is 3.62. The van der Waals surface area contributed by atoms with Crippen LogP contribution in [-0.2, 0) is 0 Å². The van der Waals surface area contributed by atoms with E-state index in [-0.39, 0.29) is 5.54 Å². The second-order valence-corrected chi connectivity index (χ2v) is 5.44. The minimum Gasteiger partial charge on any atom is -0.375 e. The van der Waals surface area contributed by atoms with E-state index < -0.39 is 0 Å². The molecule has 0 unspecified atom stereocenters. The van der Waals surface area contributed by atoms with Gasteiger partial charge >= 0.3 is 0 Å². The van der Waals surface area contributed by atoms with Crippen molar-refractivity contribution in [1.29, 1.82) is 0 Å². The van der Waals surface area contributed by atoms with Gasteiger partial charge in [0.05, 0.1) is 5.00 Å². The summed E-state index contributed by atoms with van der Waals surface area (Å²) in [6, 6.07) is 2.09. The Balaban J connectivity index is 2.43. The smallest absolute Gasteiger partial charge is 0.0894 e. The van der Waals surface area contributed by atoms with Gasteiger partial charge in [0.15, 0.2) is 0 Å². The molecule has 0 bridgehead atoms. The fourth-order valence-electron chi connectivity index (χ4n) is 0.802. The summed E-state index contributed by atoms with van der Waals surface area (Å²) in [7, 11) is 1.98. The number of anilines is 1. The van der Waals surface area contributed by atoms with Gasteiger partial charge in [-0.2, -0.15) is 0 Å². The lowest BCUT2D eigenvalue weighted by molar-refractivity contribution is 0.448. The number of hydrogen-bond donors (Lipinski definition) is 2. The third-order valence-electron chi connectivity index (χ3n) is 1.95. The maximum absolute atomic E-state index is 3.42. The summed E-state index contributed by atoms with van der Waals surface area (Å²) in [6.07, 6.45) is 0. The molecule has 0 fully saturated rings. The molecule has 0 radical (unpaired) electrons. The van der Waals surface area contributed by atoms with Crippen LogP contribution in [0.15, 0.2) is 15.9 Å². The molecule has 13 heavy (non-hydrogen) atoms. The monoisotopic (exact) mass is 262 g/mol. The van der Waals surface area contributed by atoms with Crippen molar-refractivity contribution in [1.82, 2.24) is 5.32 Å². The van der Waals surface area contributed by atoms with Crippen molar-refractivity contribution in [2.24, 2.45) is 0 Å². The van der Waals surface area contributed by atoms with E-state index in [0.29, 0.717) is 0 Å². The number of halogens is 1.